The quantitative estimate of drug-likeness (QED) is 0.802. The van der Waals surface area contributed by atoms with Crippen LogP contribution in [-0.4, -0.2) is 40.6 Å². The van der Waals surface area contributed by atoms with Crippen LogP contribution in [0.15, 0.2) is 0 Å². The van der Waals surface area contributed by atoms with Gasteiger partial charge in [-0.2, -0.15) is 11.8 Å². The summed E-state index contributed by atoms with van der Waals surface area (Å²) in [7, 11) is 0. The summed E-state index contributed by atoms with van der Waals surface area (Å²) in [4.78, 5) is 2.76. The zero-order valence-corrected chi connectivity index (χ0v) is 11.7. The van der Waals surface area contributed by atoms with Crippen molar-refractivity contribution in [3.63, 3.8) is 0 Å². The van der Waals surface area contributed by atoms with Gasteiger partial charge >= 0.3 is 0 Å². The van der Waals surface area contributed by atoms with Gasteiger partial charge in [-0.15, -0.1) is 0 Å². The van der Waals surface area contributed by atoms with E-state index >= 15 is 0 Å². The predicted octanol–water partition coefficient (Wildman–Crippen LogP) is 2.33. The highest BCUT2D eigenvalue weighted by Gasteiger charge is 2.47. The highest BCUT2D eigenvalue weighted by Crippen LogP contribution is 2.43. The Balaban J connectivity index is 2.09. The summed E-state index contributed by atoms with van der Waals surface area (Å²) < 4.78 is 0. The first-order valence-electron chi connectivity index (χ1n) is 6.66. The minimum absolute atomic E-state index is 0.315. The predicted molar refractivity (Wildman–Crippen MR) is 72.9 cm³/mol. The van der Waals surface area contributed by atoms with Crippen LogP contribution in [0.2, 0.25) is 0 Å². The lowest BCUT2D eigenvalue weighted by molar-refractivity contribution is 0.0888. The third-order valence-corrected chi connectivity index (χ3v) is 5.28. The van der Waals surface area contributed by atoms with Crippen molar-refractivity contribution >= 4 is 11.8 Å². The maximum atomic E-state index is 6.12. The van der Waals surface area contributed by atoms with Gasteiger partial charge < -0.3 is 5.73 Å². The lowest BCUT2D eigenvalue weighted by Gasteiger charge is -2.41. The van der Waals surface area contributed by atoms with Crippen molar-refractivity contribution in [1.29, 1.82) is 0 Å². The normalized spacial score (nSPS) is 35.2. The molecule has 2 N–H and O–H groups in total. The van der Waals surface area contributed by atoms with Crippen LogP contribution in [0.5, 0.6) is 0 Å². The molecule has 2 nitrogen and oxygen atoms in total. The molecule has 2 fully saturated rings. The Morgan fingerprint density at radius 1 is 1.44 bits per heavy atom. The van der Waals surface area contributed by atoms with E-state index in [9.17, 15) is 0 Å². The Morgan fingerprint density at radius 3 is 2.50 bits per heavy atom. The number of thioether (sulfide) groups is 1. The molecule has 0 amide bonds. The molecular formula is C13H26N2S. The summed E-state index contributed by atoms with van der Waals surface area (Å²) in [6.45, 7) is 9.07. The van der Waals surface area contributed by atoms with Crippen LogP contribution < -0.4 is 5.73 Å². The van der Waals surface area contributed by atoms with Gasteiger partial charge in [0.1, 0.15) is 0 Å². The van der Waals surface area contributed by atoms with Crippen LogP contribution in [0.4, 0.5) is 0 Å². The van der Waals surface area contributed by atoms with Crippen molar-refractivity contribution < 1.29 is 0 Å². The topological polar surface area (TPSA) is 29.3 Å². The molecule has 0 radical (unpaired) electrons. The van der Waals surface area contributed by atoms with Crippen LogP contribution in [-0.2, 0) is 0 Å². The molecule has 1 heterocycles. The SMILES string of the molecule is CC(C)CN(C1CC1)C1(CN)CSC(C)C1. The van der Waals surface area contributed by atoms with E-state index in [4.69, 9.17) is 5.73 Å². The molecule has 94 valence electrons. The molecule has 1 aliphatic carbocycles. The summed E-state index contributed by atoms with van der Waals surface area (Å²) >= 11 is 2.11. The molecule has 0 spiro atoms. The largest absolute Gasteiger partial charge is 0.329 e. The van der Waals surface area contributed by atoms with Gasteiger partial charge in [-0.25, -0.2) is 0 Å². The van der Waals surface area contributed by atoms with Crippen LogP contribution in [0, 0.1) is 5.92 Å². The minimum atomic E-state index is 0.315. The Morgan fingerprint density at radius 2 is 2.12 bits per heavy atom. The van der Waals surface area contributed by atoms with E-state index in [0.29, 0.717) is 5.54 Å². The summed E-state index contributed by atoms with van der Waals surface area (Å²) in [5.74, 6) is 2.00. The van der Waals surface area contributed by atoms with Gasteiger partial charge in [0.05, 0.1) is 0 Å². The molecule has 0 bridgehead atoms. The van der Waals surface area contributed by atoms with E-state index in [1.54, 1.807) is 0 Å². The molecule has 1 saturated carbocycles. The van der Waals surface area contributed by atoms with Crippen LogP contribution in [0.3, 0.4) is 0 Å². The highest BCUT2D eigenvalue weighted by atomic mass is 32.2. The molecule has 2 rings (SSSR count). The fraction of sp³-hybridized carbons (Fsp3) is 1.00. The first-order chi connectivity index (χ1) is 7.57. The van der Waals surface area contributed by atoms with Gasteiger partial charge in [-0.1, -0.05) is 20.8 Å². The van der Waals surface area contributed by atoms with Crippen LogP contribution in [0.1, 0.15) is 40.0 Å². The van der Waals surface area contributed by atoms with Gasteiger partial charge in [-0.3, -0.25) is 4.90 Å². The third kappa shape index (κ3) is 2.57. The van der Waals surface area contributed by atoms with Crippen molar-refractivity contribution in [2.75, 3.05) is 18.8 Å². The van der Waals surface area contributed by atoms with Gasteiger partial charge in [-0.05, 0) is 25.2 Å². The molecule has 0 aromatic rings. The van der Waals surface area contributed by atoms with E-state index < -0.39 is 0 Å². The molecule has 0 aromatic carbocycles. The second kappa shape index (κ2) is 4.87. The van der Waals surface area contributed by atoms with E-state index in [1.807, 2.05) is 0 Å². The summed E-state index contributed by atoms with van der Waals surface area (Å²) in [5, 5.41) is 0.789. The zero-order chi connectivity index (χ0) is 11.8. The van der Waals surface area contributed by atoms with Gasteiger partial charge in [0, 0.05) is 35.7 Å². The molecule has 1 saturated heterocycles. The van der Waals surface area contributed by atoms with Crippen LogP contribution >= 0.6 is 11.8 Å². The average Bonchev–Trinajstić information content (AvgIpc) is 2.99. The highest BCUT2D eigenvalue weighted by molar-refractivity contribution is 8.00. The van der Waals surface area contributed by atoms with Crippen molar-refractivity contribution in [2.24, 2.45) is 11.7 Å². The Bertz CT molecular complexity index is 240. The van der Waals surface area contributed by atoms with Gasteiger partial charge in [0.2, 0.25) is 0 Å². The Hall–Kier alpha value is 0.270. The molecule has 3 heteroatoms. The lowest BCUT2D eigenvalue weighted by Crippen LogP contribution is -2.56. The van der Waals surface area contributed by atoms with Gasteiger partial charge in [0.25, 0.3) is 0 Å². The van der Waals surface area contributed by atoms with E-state index in [0.717, 1.165) is 23.8 Å². The fourth-order valence-corrected chi connectivity index (χ4v) is 4.34. The second-order valence-electron chi connectivity index (χ2n) is 6.03. The summed E-state index contributed by atoms with van der Waals surface area (Å²) in [5.41, 5.74) is 6.43. The zero-order valence-electron chi connectivity index (χ0n) is 10.9. The first kappa shape index (κ1) is 12.7. The monoisotopic (exact) mass is 242 g/mol. The van der Waals surface area contributed by atoms with Crippen molar-refractivity contribution in [3.05, 3.63) is 0 Å². The molecule has 0 aromatic heterocycles. The summed E-state index contributed by atoms with van der Waals surface area (Å²) in [6.07, 6.45) is 4.08. The van der Waals surface area contributed by atoms with Crippen molar-refractivity contribution in [1.82, 2.24) is 4.90 Å². The molecule has 1 aliphatic heterocycles. The Labute approximate surface area is 104 Å². The molecule has 2 aliphatic rings. The number of hydrogen-bond donors (Lipinski definition) is 1. The smallest absolute Gasteiger partial charge is 0.0435 e. The van der Waals surface area contributed by atoms with Crippen LogP contribution in [0.25, 0.3) is 0 Å². The third-order valence-electron chi connectivity index (χ3n) is 3.84. The maximum Gasteiger partial charge on any atom is 0.0435 e. The van der Waals surface area contributed by atoms with Crippen molar-refractivity contribution in [2.45, 2.75) is 56.9 Å². The molecular weight excluding hydrogens is 216 g/mol. The first-order valence-corrected chi connectivity index (χ1v) is 7.71. The number of hydrogen-bond acceptors (Lipinski definition) is 3. The average molecular weight is 242 g/mol. The molecule has 2 atom stereocenters. The Kier molecular flexibility index (Phi) is 3.87. The molecule has 16 heavy (non-hydrogen) atoms. The van der Waals surface area contributed by atoms with E-state index in [2.05, 4.69) is 37.4 Å². The number of nitrogens with zero attached hydrogens (tertiary/aromatic N) is 1. The number of nitrogens with two attached hydrogens (primary N) is 1. The maximum absolute atomic E-state index is 6.12. The summed E-state index contributed by atoms with van der Waals surface area (Å²) in [6, 6.07) is 0.844. The lowest BCUT2D eigenvalue weighted by atomic mass is 9.92. The van der Waals surface area contributed by atoms with Crippen molar-refractivity contribution in [3.8, 4) is 0 Å². The molecule has 2 unspecified atom stereocenters. The standard InChI is InChI=1S/C13H26N2S/c1-10(2)7-15(12-4-5-12)13(8-14)6-11(3)16-9-13/h10-12H,4-9,14H2,1-3H3. The minimum Gasteiger partial charge on any atom is -0.329 e. The van der Waals surface area contributed by atoms with E-state index in [-0.39, 0.29) is 0 Å². The fourth-order valence-electron chi connectivity index (χ4n) is 2.92. The van der Waals surface area contributed by atoms with E-state index in [1.165, 1.54) is 31.6 Å². The number of rotatable bonds is 5. The second-order valence-corrected chi connectivity index (χ2v) is 7.46. The van der Waals surface area contributed by atoms with Gasteiger partial charge in [0.15, 0.2) is 0 Å².